The number of esters is 1. The Balaban J connectivity index is 1.81. The first kappa shape index (κ1) is 15.3. The lowest BCUT2D eigenvalue weighted by Gasteiger charge is -2.34. The molecule has 5 nitrogen and oxygen atoms in total. The molecule has 1 aromatic heterocycles. The van der Waals surface area contributed by atoms with Gasteiger partial charge in [-0.1, -0.05) is 11.6 Å². The predicted octanol–water partition coefficient (Wildman–Crippen LogP) is 1.72. The van der Waals surface area contributed by atoms with Gasteiger partial charge in [0.25, 0.3) is 5.91 Å². The number of hydrogen-bond acceptors (Lipinski definition) is 5. The molecule has 20 heavy (non-hydrogen) atoms. The molecule has 0 aliphatic carbocycles. The molecule has 1 fully saturated rings. The summed E-state index contributed by atoms with van der Waals surface area (Å²) >= 11 is 7.36. The number of ether oxygens (including phenoxy) is 1. The SMILES string of the molecule is COC(=O)CCN1CCN(C(=O)c2sccc2Cl)CC1. The normalized spacial score (nSPS) is 16.2. The maximum absolute atomic E-state index is 12.3. The van der Waals surface area contributed by atoms with E-state index >= 15 is 0 Å². The second kappa shape index (κ2) is 7.06. The minimum Gasteiger partial charge on any atom is -0.469 e. The molecule has 0 N–H and O–H groups in total. The summed E-state index contributed by atoms with van der Waals surface area (Å²) in [6, 6.07) is 1.74. The Labute approximate surface area is 127 Å². The lowest BCUT2D eigenvalue weighted by Crippen LogP contribution is -2.49. The second-order valence-electron chi connectivity index (χ2n) is 4.56. The van der Waals surface area contributed by atoms with Crippen molar-refractivity contribution >= 4 is 34.8 Å². The van der Waals surface area contributed by atoms with Gasteiger partial charge in [0, 0.05) is 32.7 Å². The Kier molecular flexibility index (Phi) is 5.39. The molecule has 0 saturated carbocycles. The zero-order valence-electron chi connectivity index (χ0n) is 11.3. The lowest BCUT2D eigenvalue weighted by molar-refractivity contribution is -0.141. The number of thiophene rings is 1. The van der Waals surface area contributed by atoms with Crippen LogP contribution < -0.4 is 0 Å². The first-order valence-electron chi connectivity index (χ1n) is 6.43. The minimum absolute atomic E-state index is 0.00221. The smallest absolute Gasteiger partial charge is 0.306 e. The average molecular weight is 317 g/mol. The summed E-state index contributed by atoms with van der Waals surface area (Å²) in [5.41, 5.74) is 0. The van der Waals surface area contributed by atoms with Gasteiger partial charge in [0.15, 0.2) is 0 Å². The van der Waals surface area contributed by atoms with Crippen LogP contribution in [0.3, 0.4) is 0 Å². The zero-order valence-corrected chi connectivity index (χ0v) is 12.9. The summed E-state index contributed by atoms with van der Waals surface area (Å²) in [6.07, 6.45) is 0.390. The number of piperazine rings is 1. The molecule has 7 heteroatoms. The van der Waals surface area contributed by atoms with Crippen LogP contribution in [0.4, 0.5) is 0 Å². The monoisotopic (exact) mass is 316 g/mol. The van der Waals surface area contributed by atoms with E-state index in [0.29, 0.717) is 36.0 Å². The van der Waals surface area contributed by atoms with E-state index in [1.165, 1.54) is 18.4 Å². The van der Waals surface area contributed by atoms with Crippen LogP contribution in [0.15, 0.2) is 11.4 Å². The predicted molar refractivity (Wildman–Crippen MR) is 78.3 cm³/mol. The van der Waals surface area contributed by atoms with Gasteiger partial charge in [-0.25, -0.2) is 0 Å². The van der Waals surface area contributed by atoms with E-state index in [9.17, 15) is 9.59 Å². The van der Waals surface area contributed by atoms with Crippen LogP contribution in [-0.2, 0) is 9.53 Å². The highest BCUT2D eigenvalue weighted by Gasteiger charge is 2.24. The van der Waals surface area contributed by atoms with Crippen molar-refractivity contribution in [3.63, 3.8) is 0 Å². The molecule has 1 aliphatic heterocycles. The number of rotatable bonds is 4. The van der Waals surface area contributed by atoms with Gasteiger partial charge in [0.05, 0.1) is 18.6 Å². The molecule has 1 saturated heterocycles. The Morgan fingerprint density at radius 3 is 2.60 bits per heavy atom. The summed E-state index contributed by atoms with van der Waals surface area (Å²) in [4.78, 5) is 27.9. The van der Waals surface area contributed by atoms with E-state index < -0.39 is 0 Å². The molecule has 2 heterocycles. The number of hydrogen-bond donors (Lipinski definition) is 0. The molecule has 0 spiro atoms. The van der Waals surface area contributed by atoms with Gasteiger partial charge in [-0.3, -0.25) is 14.5 Å². The van der Waals surface area contributed by atoms with Crippen molar-refractivity contribution in [2.45, 2.75) is 6.42 Å². The Bertz CT molecular complexity index is 484. The van der Waals surface area contributed by atoms with Crippen molar-refractivity contribution in [1.82, 2.24) is 9.80 Å². The largest absolute Gasteiger partial charge is 0.469 e. The Morgan fingerprint density at radius 1 is 1.35 bits per heavy atom. The van der Waals surface area contributed by atoms with Gasteiger partial charge in [-0.15, -0.1) is 11.3 Å². The number of carbonyl (C=O) groups excluding carboxylic acids is 2. The van der Waals surface area contributed by atoms with Gasteiger partial charge < -0.3 is 9.64 Å². The quantitative estimate of drug-likeness (QED) is 0.794. The highest BCUT2D eigenvalue weighted by atomic mass is 35.5. The third-order valence-corrected chi connectivity index (χ3v) is 4.66. The molecular formula is C13H17ClN2O3S. The van der Waals surface area contributed by atoms with Crippen molar-refractivity contribution in [2.24, 2.45) is 0 Å². The van der Waals surface area contributed by atoms with Crippen molar-refractivity contribution in [3.05, 3.63) is 21.3 Å². The molecule has 2 rings (SSSR count). The summed E-state index contributed by atoms with van der Waals surface area (Å²) in [7, 11) is 1.39. The van der Waals surface area contributed by atoms with E-state index in [2.05, 4.69) is 9.64 Å². The first-order chi connectivity index (χ1) is 9.61. The maximum Gasteiger partial charge on any atom is 0.306 e. The number of carbonyl (C=O) groups is 2. The highest BCUT2D eigenvalue weighted by molar-refractivity contribution is 7.12. The van der Waals surface area contributed by atoms with Crippen LogP contribution in [0.5, 0.6) is 0 Å². The van der Waals surface area contributed by atoms with Crippen molar-refractivity contribution in [2.75, 3.05) is 39.8 Å². The molecule has 0 unspecified atom stereocenters. The van der Waals surface area contributed by atoms with Gasteiger partial charge in [-0.05, 0) is 11.4 Å². The van der Waals surface area contributed by atoms with E-state index in [0.717, 1.165) is 13.1 Å². The molecule has 1 amide bonds. The Hall–Kier alpha value is -1.11. The van der Waals surface area contributed by atoms with Crippen molar-refractivity contribution in [1.29, 1.82) is 0 Å². The fraction of sp³-hybridized carbons (Fsp3) is 0.538. The van der Waals surface area contributed by atoms with Crippen LogP contribution in [0.25, 0.3) is 0 Å². The average Bonchev–Trinajstić information content (AvgIpc) is 2.90. The number of amides is 1. The zero-order chi connectivity index (χ0) is 14.5. The molecule has 0 atom stereocenters. The van der Waals surface area contributed by atoms with E-state index in [-0.39, 0.29) is 11.9 Å². The maximum atomic E-state index is 12.3. The topological polar surface area (TPSA) is 49.9 Å². The van der Waals surface area contributed by atoms with E-state index in [1.54, 1.807) is 6.07 Å². The molecule has 1 aromatic rings. The summed E-state index contributed by atoms with van der Waals surface area (Å²) in [6.45, 7) is 3.54. The van der Waals surface area contributed by atoms with E-state index in [4.69, 9.17) is 11.6 Å². The van der Waals surface area contributed by atoms with Crippen LogP contribution in [-0.4, -0.2) is 61.5 Å². The third-order valence-electron chi connectivity index (χ3n) is 3.33. The molecule has 1 aliphatic rings. The van der Waals surface area contributed by atoms with Gasteiger partial charge in [-0.2, -0.15) is 0 Å². The number of halogens is 1. The third kappa shape index (κ3) is 3.71. The fourth-order valence-corrected chi connectivity index (χ4v) is 3.22. The minimum atomic E-state index is -0.200. The van der Waals surface area contributed by atoms with Crippen molar-refractivity contribution in [3.8, 4) is 0 Å². The molecule has 0 bridgehead atoms. The van der Waals surface area contributed by atoms with Crippen LogP contribution in [0, 0.1) is 0 Å². The summed E-state index contributed by atoms with van der Waals surface area (Å²) < 4.78 is 4.62. The van der Waals surface area contributed by atoms with Crippen LogP contribution >= 0.6 is 22.9 Å². The number of methoxy groups -OCH3 is 1. The van der Waals surface area contributed by atoms with Gasteiger partial charge in [0.2, 0.25) is 0 Å². The van der Waals surface area contributed by atoms with Gasteiger partial charge >= 0.3 is 5.97 Å². The molecular weight excluding hydrogens is 300 g/mol. The van der Waals surface area contributed by atoms with Gasteiger partial charge in [0.1, 0.15) is 4.88 Å². The second-order valence-corrected chi connectivity index (χ2v) is 5.88. The fourth-order valence-electron chi connectivity index (χ4n) is 2.12. The molecule has 0 aromatic carbocycles. The summed E-state index contributed by atoms with van der Waals surface area (Å²) in [5, 5.41) is 2.34. The van der Waals surface area contributed by atoms with E-state index in [1.807, 2.05) is 10.3 Å². The standard InChI is InChI=1S/C13H17ClN2O3S/c1-19-11(17)2-4-15-5-7-16(8-6-15)13(18)12-10(14)3-9-20-12/h3,9H,2,4-8H2,1H3. The highest BCUT2D eigenvalue weighted by Crippen LogP contribution is 2.24. The summed E-state index contributed by atoms with van der Waals surface area (Å²) in [5.74, 6) is -0.202. The van der Waals surface area contributed by atoms with Crippen molar-refractivity contribution < 1.29 is 14.3 Å². The Morgan fingerprint density at radius 2 is 2.05 bits per heavy atom. The first-order valence-corrected chi connectivity index (χ1v) is 7.69. The van der Waals surface area contributed by atoms with Crippen LogP contribution in [0.2, 0.25) is 5.02 Å². The number of nitrogens with zero attached hydrogens (tertiary/aromatic N) is 2. The molecule has 0 radical (unpaired) electrons. The van der Waals surface area contributed by atoms with Crippen LogP contribution in [0.1, 0.15) is 16.1 Å². The lowest BCUT2D eigenvalue weighted by atomic mass is 10.2. The molecule has 110 valence electrons.